The maximum Gasteiger partial charge on any atom is 0.338 e. The van der Waals surface area contributed by atoms with Gasteiger partial charge in [0.2, 0.25) is 0 Å². The third kappa shape index (κ3) is 2.77. The molecule has 0 heterocycles. The van der Waals surface area contributed by atoms with Crippen molar-refractivity contribution in [2.75, 3.05) is 7.11 Å². The van der Waals surface area contributed by atoms with Crippen LogP contribution in [0.3, 0.4) is 0 Å². The van der Waals surface area contributed by atoms with E-state index in [0.717, 1.165) is 19.2 Å². The fourth-order valence-electron chi connectivity index (χ4n) is 1.35. The molecule has 1 aromatic carbocycles. The summed E-state index contributed by atoms with van der Waals surface area (Å²) in [7, 11) is 2.04. The van der Waals surface area contributed by atoms with Gasteiger partial charge in [0.25, 0.3) is 14.7 Å². The molecule has 9 heteroatoms. The first-order valence-corrected chi connectivity index (χ1v) is 6.81. The fraction of sp³-hybridized carbons (Fsp3) is 0.222. The lowest BCUT2D eigenvalue weighted by molar-refractivity contribution is -0.385. The van der Waals surface area contributed by atoms with E-state index in [0.29, 0.717) is 0 Å². The number of carbonyl (C=O) groups is 1. The molecule has 0 saturated carbocycles. The highest BCUT2D eigenvalue weighted by molar-refractivity contribution is 8.13. The third-order valence-corrected chi connectivity index (χ3v) is 3.67. The summed E-state index contributed by atoms with van der Waals surface area (Å²) in [5.74, 6) is -0.877. The van der Waals surface area contributed by atoms with E-state index in [1.165, 1.54) is 6.92 Å². The second-order valence-corrected chi connectivity index (χ2v) is 5.84. The van der Waals surface area contributed by atoms with Crippen molar-refractivity contribution in [1.29, 1.82) is 0 Å². The lowest BCUT2D eigenvalue weighted by Crippen LogP contribution is -2.08. The Morgan fingerprint density at radius 1 is 1.44 bits per heavy atom. The largest absolute Gasteiger partial charge is 0.465 e. The van der Waals surface area contributed by atoms with Crippen LogP contribution >= 0.6 is 10.7 Å². The van der Waals surface area contributed by atoms with Gasteiger partial charge in [0, 0.05) is 22.8 Å². The molecule has 0 atom stereocenters. The number of non-ortho nitro benzene ring substituents is 1. The molecule has 0 spiro atoms. The van der Waals surface area contributed by atoms with Gasteiger partial charge in [-0.25, -0.2) is 13.2 Å². The van der Waals surface area contributed by atoms with E-state index in [2.05, 4.69) is 4.74 Å². The van der Waals surface area contributed by atoms with E-state index < -0.39 is 30.5 Å². The first-order valence-electron chi connectivity index (χ1n) is 4.50. The molecule has 0 aliphatic carbocycles. The third-order valence-electron chi connectivity index (χ3n) is 2.22. The Hall–Kier alpha value is -1.67. The van der Waals surface area contributed by atoms with E-state index in [4.69, 9.17) is 10.7 Å². The average molecular weight is 294 g/mol. The van der Waals surface area contributed by atoms with Gasteiger partial charge in [0.05, 0.1) is 22.5 Å². The lowest BCUT2D eigenvalue weighted by Gasteiger charge is -2.07. The summed E-state index contributed by atoms with van der Waals surface area (Å²) < 4.78 is 27.0. The van der Waals surface area contributed by atoms with Crippen molar-refractivity contribution >= 4 is 31.4 Å². The second kappa shape index (κ2) is 4.91. The first kappa shape index (κ1) is 14.4. The summed E-state index contributed by atoms with van der Waals surface area (Å²) in [4.78, 5) is 20.8. The second-order valence-electron chi connectivity index (χ2n) is 3.30. The van der Waals surface area contributed by atoms with Crippen LogP contribution in [-0.2, 0) is 13.8 Å². The van der Waals surface area contributed by atoms with Crippen LogP contribution in [0.4, 0.5) is 5.69 Å². The zero-order valence-electron chi connectivity index (χ0n) is 9.34. The van der Waals surface area contributed by atoms with E-state index >= 15 is 0 Å². The SMILES string of the molecule is COC(=O)c1cc([N+](=O)[O-])cc(S(=O)(=O)Cl)c1C. The molecular weight excluding hydrogens is 286 g/mol. The number of halogens is 1. The molecule has 0 bridgehead atoms. The van der Waals surface area contributed by atoms with Gasteiger partial charge in [-0.15, -0.1) is 0 Å². The highest BCUT2D eigenvalue weighted by Crippen LogP contribution is 2.28. The summed E-state index contributed by atoms with van der Waals surface area (Å²) in [6.45, 7) is 1.31. The Bertz CT molecular complexity index is 624. The van der Waals surface area contributed by atoms with Gasteiger partial charge in [-0.1, -0.05) is 0 Å². The highest BCUT2D eigenvalue weighted by Gasteiger charge is 2.24. The van der Waals surface area contributed by atoms with Gasteiger partial charge in [-0.2, -0.15) is 0 Å². The number of methoxy groups -OCH3 is 1. The molecular formula is C9H8ClNO6S. The molecule has 7 nitrogen and oxygen atoms in total. The van der Waals surface area contributed by atoms with Crippen LogP contribution in [0.2, 0.25) is 0 Å². The molecule has 18 heavy (non-hydrogen) atoms. The van der Waals surface area contributed by atoms with Gasteiger partial charge >= 0.3 is 5.97 Å². The minimum absolute atomic E-state index is 0.00227. The molecule has 0 fully saturated rings. The van der Waals surface area contributed by atoms with Crippen molar-refractivity contribution in [3.63, 3.8) is 0 Å². The van der Waals surface area contributed by atoms with Crippen molar-refractivity contribution in [3.05, 3.63) is 33.4 Å². The summed E-state index contributed by atoms with van der Waals surface area (Å²) >= 11 is 0. The molecule has 1 aromatic rings. The number of carbonyl (C=O) groups excluding carboxylic acids is 1. The van der Waals surface area contributed by atoms with E-state index in [-0.39, 0.29) is 11.1 Å². The van der Waals surface area contributed by atoms with Crippen LogP contribution < -0.4 is 0 Å². The summed E-state index contributed by atoms with van der Waals surface area (Å²) in [6, 6.07) is 1.73. The Balaban J connectivity index is 3.69. The Labute approximate surface area is 107 Å². The quantitative estimate of drug-likeness (QED) is 0.363. The monoisotopic (exact) mass is 293 g/mol. The molecule has 0 N–H and O–H groups in total. The maximum absolute atomic E-state index is 11.4. The minimum Gasteiger partial charge on any atom is -0.465 e. The molecule has 98 valence electrons. The Morgan fingerprint density at radius 3 is 2.39 bits per heavy atom. The van der Waals surface area contributed by atoms with Gasteiger partial charge in [-0.3, -0.25) is 10.1 Å². The standard InChI is InChI=1S/C9H8ClNO6S/c1-5-7(9(12)17-2)3-6(11(13)14)4-8(5)18(10,15)16/h3-4H,1-2H3. The first-order chi connectivity index (χ1) is 8.18. The number of nitro groups is 1. The number of hydrogen-bond acceptors (Lipinski definition) is 6. The van der Waals surface area contributed by atoms with Crippen LogP contribution in [0.1, 0.15) is 15.9 Å². The Morgan fingerprint density at radius 2 is 2.00 bits per heavy atom. The van der Waals surface area contributed by atoms with E-state index in [1.54, 1.807) is 0 Å². The molecule has 0 radical (unpaired) electrons. The number of ether oxygens (including phenoxy) is 1. The van der Waals surface area contributed by atoms with E-state index in [1.807, 2.05) is 0 Å². The molecule has 0 saturated heterocycles. The summed E-state index contributed by atoms with van der Waals surface area (Å²) in [6.07, 6.45) is 0. The maximum atomic E-state index is 11.4. The fourth-order valence-corrected chi connectivity index (χ4v) is 2.57. The molecule has 0 aliphatic heterocycles. The van der Waals surface area contributed by atoms with Crippen LogP contribution in [0.15, 0.2) is 17.0 Å². The van der Waals surface area contributed by atoms with Gasteiger partial charge in [0.1, 0.15) is 0 Å². The normalized spacial score (nSPS) is 11.1. The Kier molecular flexibility index (Phi) is 3.92. The van der Waals surface area contributed by atoms with Crippen molar-refractivity contribution in [1.82, 2.24) is 0 Å². The lowest BCUT2D eigenvalue weighted by atomic mass is 10.1. The van der Waals surface area contributed by atoms with Gasteiger partial charge in [-0.05, 0) is 12.5 Å². The van der Waals surface area contributed by atoms with E-state index in [9.17, 15) is 23.3 Å². The smallest absolute Gasteiger partial charge is 0.338 e. The molecule has 0 unspecified atom stereocenters. The van der Waals surface area contributed by atoms with Crippen LogP contribution in [0.5, 0.6) is 0 Å². The average Bonchev–Trinajstić information content (AvgIpc) is 2.26. The highest BCUT2D eigenvalue weighted by atomic mass is 35.7. The predicted octanol–water partition coefficient (Wildman–Crippen LogP) is 1.62. The number of nitro benzene ring substituents is 1. The van der Waals surface area contributed by atoms with Crippen LogP contribution in [-0.4, -0.2) is 26.4 Å². The van der Waals surface area contributed by atoms with Crippen molar-refractivity contribution < 1.29 is 22.9 Å². The molecule has 0 aromatic heterocycles. The van der Waals surface area contributed by atoms with Crippen LogP contribution in [0.25, 0.3) is 0 Å². The number of rotatable bonds is 3. The molecule has 0 amide bonds. The minimum atomic E-state index is -4.19. The van der Waals surface area contributed by atoms with Crippen molar-refractivity contribution in [2.24, 2.45) is 0 Å². The zero-order valence-corrected chi connectivity index (χ0v) is 10.9. The number of hydrogen-bond donors (Lipinski definition) is 0. The molecule has 1 rings (SSSR count). The zero-order chi connectivity index (χ0) is 14.1. The summed E-state index contributed by atoms with van der Waals surface area (Å²) in [5.41, 5.74) is -0.770. The molecule has 0 aliphatic rings. The van der Waals surface area contributed by atoms with Gasteiger partial charge < -0.3 is 4.74 Å². The van der Waals surface area contributed by atoms with Crippen molar-refractivity contribution in [3.8, 4) is 0 Å². The number of nitrogens with zero attached hydrogens (tertiary/aromatic N) is 1. The predicted molar refractivity (Wildman–Crippen MR) is 62.2 cm³/mol. The van der Waals surface area contributed by atoms with Crippen LogP contribution in [0, 0.1) is 17.0 Å². The number of esters is 1. The van der Waals surface area contributed by atoms with Gasteiger partial charge in [0.15, 0.2) is 0 Å². The summed E-state index contributed by atoms with van der Waals surface area (Å²) in [5, 5.41) is 10.7. The number of benzene rings is 1. The topological polar surface area (TPSA) is 104 Å². The van der Waals surface area contributed by atoms with Crippen molar-refractivity contribution in [2.45, 2.75) is 11.8 Å².